The maximum Gasteiger partial charge on any atom is 0.224 e. The molecule has 3 aromatic rings. The highest BCUT2D eigenvalue weighted by Crippen LogP contribution is 2.27. The van der Waals surface area contributed by atoms with E-state index < -0.39 is 0 Å². The molecule has 0 aliphatic carbocycles. The lowest BCUT2D eigenvalue weighted by Crippen LogP contribution is -2.28. The number of para-hydroxylation sites is 1. The van der Waals surface area contributed by atoms with Gasteiger partial charge in [-0.25, -0.2) is 0 Å². The van der Waals surface area contributed by atoms with Gasteiger partial charge in [0.25, 0.3) is 0 Å². The number of rotatable bonds is 9. The van der Waals surface area contributed by atoms with Gasteiger partial charge < -0.3 is 19.5 Å². The Morgan fingerprint density at radius 2 is 1.86 bits per heavy atom. The molecule has 1 aromatic heterocycles. The topological polar surface area (TPSA) is 46.5 Å². The van der Waals surface area contributed by atoms with E-state index in [2.05, 4.69) is 26.9 Å². The van der Waals surface area contributed by atoms with Crippen molar-refractivity contribution < 1.29 is 9.53 Å². The second-order valence-electron chi connectivity index (χ2n) is 7.43. The van der Waals surface area contributed by atoms with Crippen LogP contribution in [0.3, 0.4) is 0 Å². The monoisotopic (exact) mass is 413 g/mol. The lowest BCUT2D eigenvalue weighted by molar-refractivity contribution is -0.120. The van der Waals surface area contributed by atoms with Gasteiger partial charge >= 0.3 is 0 Å². The fraction of sp³-hybridized carbons (Fsp3) is 0.348. The Hall–Kier alpha value is -2.50. The smallest absolute Gasteiger partial charge is 0.224 e. The molecule has 0 spiro atoms. The summed E-state index contributed by atoms with van der Waals surface area (Å²) in [6.45, 7) is 2.02. The molecule has 0 bridgehead atoms. The molecule has 154 valence electrons. The molecule has 6 heteroatoms. The highest BCUT2D eigenvalue weighted by molar-refractivity contribution is 6.30. The average Bonchev–Trinajstić information content (AvgIpc) is 2.96. The number of carbonyl (C=O) groups is 1. The van der Waals surface area contributed by atoms with Crippen LogP contribution in [0.15, 0.2) is 48.5 Å². The van der Waals surface area contributed by atoms with E-state index in [0.29, 0.717) is 24.6 Å². The summed E-state index contributed by atoms with van der Waals surface area (Å²) in [5, 5.41) is 4.80. The molecule has 0 aliphatic rings. The summed E-state index contributed by atoms with van der Waals surface area (Å²) in [7, 11) is 6.08. The summed E-state index contributed by atoms with van der Waals surface area (Å²) in [6.07, 6.45) is 1.27. The largest absolute Gasteiger partial charge is 0.487 e. The van der Waals surface area contributed by atoms with Crippen molar-refractivity contribution in [3.05, 3.63) is 64.8 Å². The van der Waals surface area contributed by atoms with Crippen molar-refractivity contribution in [1.29, 1.82) is 0 Å². The molecule has 29 heavy (non-hydrogen) atoms. The Balaban J connectivity index is 1.76. The first kappa shape index (κ1) is 21.2. The Bertz CT molecular complexity index is 964. The molecule has 2 aromatic carbocycles. The molecule has 0 radical (unpaired) electrons. The molecule has 0 aliphatic heterocycles. The molecule has 1 N–H and O–H groups in total. The molecule has 3 rings (SSSR count). The molecular weight excluding hydrogens is 386 g/mol. The summed E-state index contributed by atoms with van der Waals surface area (Å²) in [4.78, 5) is 14.7. The number of benzene rings is 2. The van der Waals surface area contributed by atoms with Gasteiger partial charge in [-0.1, -0.05) is 29.8 Å². The molecular formula is C23H28ClN3O2. The van der Waals surface area contributed by atoms with E-state index >= 15 is 0 Å². The second-order valence-corrected chi connectivity index (χ2v) is 7.86. The van der Waals surface area contributed by atoms with Gasteiger partial charge in [-0.05, 0) is 63.0 Å². The molecule has 5 nitrogen and oxygen atoms in total. The van der Waals surface area contributed by atoms with Crippen LogP contribution in [0.4, 0.5) is 0 Å². The van der Waals surface area contributed by atoms with E-state index in [-0.39, 0.29) is 5.91 Å². The van der Waals surface area contributed by atoms with Crippen molar-refractivity contribution in [2.24, 2.45) is 7.05 Å². The number of aryl methyl sites for hydroxylation is 1. The lowest BCUT2D eigenvalue weighted by Gasteiger charge is -2.12. The number of ether oxygens (including phenoxy) is 1. The molecule has 0 fully saturated rings. The van der Waals surface area contributed by atoms with Gasteiger partial charge in [0.2, 0.25) is 5.91 Å². The quantitative estimate of drug-likeness (QED) is 0.539. The van der Waals surface area contributed by atoms with Gasteiger partial charge in [0.05, 0.1) is 12.1 Å². The summed E-state index contributed by atoms with van der Waals surface area (Å²) < 4.78 is 8.10. The molecule has 0 saturated heterocycles. The third-order valence-corrected chi connectivity index (χ3v) is 5.23. The number of fused-ring (bicyclic) bond motifs is 1. The Morgan fingerprint density at radius 1 is 1.14 bits per heavy atom. The summed E-state index contributed by atoms with van der Waals surface area (Å²) in [6, 6.07) is 15.5. The van der Waals surface area contributed by atoms with Crippen LogP contribution in [0.25, 0.3) is 10.9 Å². The maximum atomic E-state index is 12.6. The van der Waals surface area contributed by atoms with E-state index in [1.165, 1.54) is 0 Å². The van der Waals surface area contributed by atoms with Crippen LogP contribution >= 0.6 is 11.6 Å². The zero-order valence-corrected chi connectivity index (χ0v) is 18.0. The predicted molar refractivity (Wildman–Crippen MR) is 119 cm³/mol. The van der Waals surface area contributed by atoms with Crippen LogP contribution in [0.1, 0.15) is 17.7 Å². The first-order chi connectivity index (χ1) is 14.0. The Morgan fingerprint density at radius 3 is 2.59 bits per heavy atom. The number of nitrogens with one attached hydrogen (secondary N) is 1. The van der Waals surface area contributed by atoms with Gasteiger partial charge in [0.15, 0.2) is 0 Å². The first-order valence-corrected chi connectivity index (χ1v) is 10.2. The number of aromatic nitrogens is 1. The van der Waals surface area contributed by atoms with Crippen LogP contribution < -0.4 is 10.1 Å². The number of hydrogen-bond donors (Lipinski definition) is 1. The van der Waals surface area contributed by atoms with Crippen LogP contribution in [0.5, 0.6) is 5.75 Å². The SMILES string of the molecule is CN(C)CCCNC(=O)Cc1c(COc2ccc(Cl)cc2)n(C)c2ccccc12. The number of nitrogens with zero attached hydrogens (tertiary/aromatic N) is 2. The summed E-state index contributed by atoms with van der Waals surface area (Å²) in [5.74, 6) is 0.784. The number of hydrogen-bond acceptors (Lipinski definition) is 3. The van der Waals surface area contributed by atoms with Crippen molar-refractivity contribution in [3.63, 3.8) is 0 Å². The molecule has 0 atom stereocenters. The maximum absolute atomic E-state index is 12.6. The normalized spacial score (nSPS) is 11.2. The lowest BCUT2D eigenvalue weighted by atomic mass is 10.1. The zero-order chi connectivity index (χ0) is 20.8. The van der Waals surface area contributed by atoms with Gasteiger partial charge in [-0.15, -0.1) is 0 Å². The first-order valence-electron chi connectivity index (χ1n) is 9.80. The van der Waals surface area contributed by atoms with Gasteiger partial charge in [0, 0.05) is 29.5 Å². The van der Waals surface area contributed by atoms with Crippen LogP contribution in [-0.4, -0.2) is 42.6 Å². The predicted octanol–water partition coefficient (Wildman–Crippen LogP) is 4.02. The van der Waals surface area contributed by atoms with E-state index in [4.69, 9.17) is 16.3 Å². The van der Waals surface area contributed by atoms with Gasteiger partial charge in [-0.2, -0.15) is 0 Å². The highest BCUT2D eigenvalue weighted by Gasteiger charge is 2.18. The minimum absolute atomic E-state index is 0.0350. The third-order valence-electron chi connectivity index (χ3n) is 4.97. The highest BCUT2D eigenvalue weighted by atomic mass is 35.5. The fourth-order valence-corrected chi connectivity index (χ4v) is 3.56. The van der Waals surface area contributed by atoms with E-state index in [0.717, 1.165) is 40.9 Å². The molecule has 0 unspecified atom stereocenters. The zero-order valence-electron chi connectivity index (χ0n) is 17.2. The standard InChI is InChI=1S/C23H28ClN3O2/c1-26(2)14-6-13-25-23(28)15-20-19-7-4-5-8-21(19)27(3)22(20)16-29-18-11-9-17(24)10-12-18/h4-5,7-12H,6,13-16H2,1-3H3,(H,25,28). The number of halogens is 1. The molecule has 1 heterocycles. The van der Waals surface area contributed by atoms with E-state index in [9.17, 15) is 4.79 Å². The van der Waals surface area contributed by atoms with Crippen molar-refractivity contribution in [1.82, 2.24) is 14.8 Å². The van der Waals surface area contributed by atoms with Gasteiger partial charge in [0.1, 0.15) is 12.4 Å². The molecule has 0 saturated carbocycles. The Kier molecular flexibility index (Phi) is 7.18. The van der Waals surface area contributed by atoms with Gasteiger partial charge in [-0.3, -0.25) is 4.79 Å². The van der Waals surface area contributed by atoms with Crippen LogP contribution in [0.2, 0.25) is 5.02 Å². The van der Waals surface area contributed by atoms with Crippen LogP contribution in [-0.2, 0) is 24.9 Å². The van der Waals surface area contributed by atoms with E-state index in [1.54, 1.807) is 12.1 Å². The Labute approximate surface area is 177 Å². The summed E-state index contributed by atoms with van der Waals surface area (Å²) >= 11 is 5.95. The minimum Gasteiger partial charge on any atom is -0.487 e. The number of carbonyl (C=O) groups excluding carboxylic acids is 1. The average molecular weight is 414 g/mol. The van der Waals surface area contributed by atoms with Crippen molar-refractivity contribution in [3.8, 4) is 5.75 Å². The van der Waals surface area contributed by atoms with Crippen LogP contribution in [0, 0.1) is 0 Å². The van der Waals surface area contributed by atoms with Crippen molar-refractivity contribution >= 4 is 28.4 Å². The minimum atomic E-state index is 0.0350. The van der Waals surface area contributed by atoms with Crippen molar-refractivity contribution in [2.45, 2.75) is 19.4 Å². The summed E-state index contributed by atoms with van der Waals surface area (Å²) in [5.41, 5.74) is 3.12. The third kappa shape index (κ3) is 5.52. The van der Waals surface area contributed by atoms with Crippen molar-refractivity contribution in [2.75, 3.05) is 27.2 Å². The fourth-order valence-electron chi connectivity index (χ4n) is 3.43. The second kappa shape index (κ2) is 9.81. The van der Waals surface area contributed by atoms with E-state index in [1.807, 2.05) is 45.4 Å². The number of amides is 1. The molecule has 1 amide bonds.